The highest BCUT2D eigenvalue weighted by Gasteiger charge is 2.39. The van der Waals surface area contributed by atoms with Crippen LogP contribution in [0.15, 0.2) is 59.6 Å². The molecule has 2 nitrogen and oxygen atoms in total. The molecule has 0 saturated heterocycles. The van der Waals surface area contributed by atoms with Gasteiger partial charge in [0.15, 0.2) is 5.60 Å². The summed E-state index contributed by atoms with van der Waals surface area (Å²) in [5.74, 6) is 0.685. The standard InChI is InChI=1S/C16H13BrClNO/c17-10-16(13-7-4-8-14(18)9-13)11-19-15(20-16)12-5-2-1-3-6-12/h1-9H,10-11H2/t16-/m0/s1. The molecule has 4 heteroatoms. The largest absolute Gasteiger partial charge is 0.463 e. The van der Waals surface area contributed by atoms with Crippen molar-refractivity contribution < 1.29 is 4.74 Å². The molecule has 3 rings (SSSR count). The zero-order valence-electron chi connectivity index (χ0n) is 10.7. The van der Waals surface area contributed by atoms with E-state index < -0.39 is 5.60 Å². The molecule has 1 aliphatic heterocycles. The Kier molecular flexibility index (Phi) is 3.81. The second-order valence-electron chi connectivity index (χ2n) is 4.73. The van der Waals surface area contributed by atoms with Crippen LogP contribution >= 0.6 is 27.5 Å². The van der Waals surface area contributed by atoms with E-state index in [4.69, 9.17) is 16.3 Å². The number of benzene rings is 2. The molecule has 20 heavy (non-hydrogen) atoms. The van der Waals surface area contributed by atoms with E-state index in [2.05, 4.69) is 20.9 Å². The van der Waals surface area contributed by atoms with E-state index in [-0.39, 0.29) is 0 Å². The lowest BCUT2D eigenvalue weighted by Crippen LogP contribution is -2.32. The lowest BCUT2D eigenvalue weighted by Gasteiger charge is -2.27. The number of aliphatic imine (C=N–C) groups is 1. The average Bonchev–Trinajstić information content (AvgIpc) is 2.94. The van der Waals surface area contributed by atoms with E-state index in [1.165, 1.54) is 0 Å². The van der Waals surface area contributed by atoms with Crippen LogP contribution in [0.1, 0.15) is 11.1 Å². The molecular formula is C16H13BrClNO. The number of ether oxygens (including phenoxy) is 1. The van der Waals surface area contributed by atoms with Crippen molar-refractivity contribution in [2.75, 3.05) is 11.9 Å². The third-order valence-corrected chi connectivity index (χ3v) is 4.50. The Balaban J connectivity index is 1.91. The van der Waals surface area contributed by atoms with Gasteiger partial charge in [-0.2, -0.15) is 0 Å². The number of hydrogen-bond donors (Lipinski definition) is 0. The normalized spacial score (nSPS) is 21.4. The third-order valence-electron chi connectivity index (χ3n) is 3.36. The number of alkyl halides is 1. The smallest absolute Gasteiger partial charge is 0.217 e. The molecule has 0 unspecified atom stereocenters. The van der Waals surface area contributed by atoms with Crippen LogP contribution in [0.3, 0.4) is 0 Å². The van der Waals surface area contributed by atoms with E-state index in [1.807, 2.05) is 54.6 Å². The van der Waals surface area contributed by atoms with Crippen LogP contribution in [0.4, 0.5) is 0 Å². The Morgan fingerprint density at radius 3 is 2.65 bits per heavy atom. The topological polar surface area (TPSA) is 21.6 Å². The van der Waals surface area contributed by atoms with Gasteiger partial charge in [0.2, 0.25) is 5.90 Å². The summed E-state index contributed by atoms with van der Waals surface area (Å²) in [7, 11) is 0. The molecule has 0 bridgehead atoms. The maximum absolute atomic E-state index is 6.17. The van der Waals surface area contributed by atoms with Crippen molar-refractivity contribution in [3.8, 4) is 0 Å². The van der Waals surface area contributed by atoms with Crippen molar-refractivity contribution in [1.29, 1.82) is 0 Å². The van der Waals surface area contributed by atoms with E-state index in [0.717, 1.165) is 11.1 Å². The van der Waals surface area contributed by atoms with Gasteiger partial charge in [-0.3, -0.25) is 0 Å². The lowest BCUT2D eigenvalue weighted by atomic mass is 9.96. The summed E-state index contributed by atoms with van der Waals surface area (Å²) in [5.41, 5.74) is 1.56. The summed E-state index contributed by atoms with van der Waals surface area (Å²) in [4.78, 5) is 4.56. The van der Waals surface area contributed by atoms with Crippen molar-refractivity contribution in [1.82, 2.24) is 0 Å². The molecule has 0 amide bonds. The molecule has 2 aromatic carbocycles. The molecule has 0 radical (unpaired) electrons. The van der Waals surface area contributed by atoms with Crippen LogP contribution < -0.4 is 0 Å². The zero-order chi connectivity index (χ0) is 14.0. The van der Waals surface area contributed by atoms with Crippen molar-refractivity contribution in [3.05, 3.63) is 70.7 Å². The SMILES string of the molecule is Clc1cccc([C@]2(CBr)CN=C(c3ccccc3)O2)c1. The first-order valence-corrected chi connectivity index (χ1v) is 7.84. The van der Waals surface area contributed by atoms with Crippen LogP contribution in [0.25, 0.3) is 0 Å². The van der Waals surface area contributed by atoms with E-state index in [1.54, 1.807) is 0 Å². The summed E-state index contributed by atoms with van der Waals surface area (Å²) in [6.07, 6.45) is 0. The highest BCUT2D eigenvalue weighted by atomic mass is 79.9. The minimum atomic E-state index is -0.476. The van der Waals surface area contributed by atoms with Gasteiger partial charge < -0.3 is 4.74 Å². The van der Waals surface area contributed by atoms with Crippen molar-refractivity contribution in [2.24, 2.45) is 4.99 Å². The average molecular weight is 351 g/mol. The van der Waals surface area contributed by atoms with Crippen molar-refractivity contribution in [2.45, 2.75) is 5.60 Å². The lowest BCUT2D eigenvalue weighted by molar-refractivity contribution is 0.115. The molecule has 0 spiro atoms. The molecule has 1 aliphatic rings. The molecule has 1 atom stereocenters. The Hall–Kier alpha value is -1.32. The first-order chi connectivity index (χ1) is 9.73. The number of halogens is 2. The van der Waals surface area contributed by atoms with Gasteiger partial charge >= 0.3 is 0 Å². The fourth-order valence-corrected chi connectivity index (χ4v) is 3.05. The van der Waals surface area contributed by atoms with Gasteiger partial charge in [-0.25, -0.2) is 4.99 Å². The molecule has 0 aromatic heterocycles. The van der Waals surface area contributed by atoms with Gasteiger partial charge in [-0.05, 0) is 29.8 Å². The predicted molar refractivity (Wildman–Crippen MR) is 85.9 cm³/mol. The minimum Gasteiger partial charge on any atom is -0.463 e. The maximum Gasteiger partial charge on any atom is 0.217 e. The second-order valence-corrected chi connectivity index (χ2v) is 5.72. The van der Waals surface area contributed by atoms with Crippen LogP contribution in [-0.4, -0.2) is 17.8 Å². The van der Waals surface area contributed by atoms with Gasteiger partial charge in [0.25, 0.3) is 0 Å². The summed E-state index contributed by atoms with van der Waals surface area (Å²) >= 11 is 9.64. The Morgan fingerprint density at radius 2 is 1.95 bits per heavy atom. The first kappa shape index (κ1) is 13.7. The fraction of sp³-hybridized carbons (Fsp3) is 0.188. The minimum absolute atomic E-state index is 0.476. The zero-order valence-corrected chi connectivity index (χ0v) is 13.1. The third kappa shape index (κ3) is 2.48. The Morgan fingerprint density at radius 1 is 1.15 bits per heavy atom. The highest BCUT2D eigenvalue weighted by Crippen LogP contribution is 2.35. The maximum atomic E-state index is 6.17. The molecule has 0 saturated carbocycles. The van der Waals surface area contributed by atoms with Gasteiger partial charge in [0, 0.05) is 15.9 Å². The summed E-state index contributed by atoms with van der Waals surface area (Å²) in [6.45, 7) is 0.586. The number of nitrogens with zero attached hydrogens (tertiary/aromatic N) is 1. The summed E-state index contributed by atoms with van der Waals surface area (Å²) < 4.78 is 6.17. The van der Waals surface area contributed by atoms with Gasteiger partial charge in [-0.15, -0.1) is 0 Å². The molecule has 0 fully saturated rings. The van der Waals surface area contributed by atoms with Crippen LogP contribution in [0, 0.1) is 0 Å². The van der Waals surface area contributed by atoms with Crippen LogP contribution in [0.2, 0.25) is 5.02 Å². The predicted octanol–water partition coefficient (Wildman–Crippen LogP) is 4.41. The Labute approximate surface area is 131 Å². The second kappa shape index (κ2) is 5.58. The molecule has 0 aliphatic carbocycles. The van der Waals surface area contributed by atoms with Gasteiger partial charge in [-0.1, -0.05) is 57.9 Å². The summed E-state index contributed by atoms with van der Waals surface area (Å²) in [5, 5.41) is 1.37. The van der Waals surface area contributed by atoms with Gasteiger partial charge in [0.1, 0.15) is 0 Å². The van der Waals surface area contributed by atoms with Gasteiger partial charge in [0.05, 0.1) is 6.54 Å². The molecule has 102 valence electrons. The monoisotopic (exact) mass is 349 g/mol. The molecule has 0 N–H and O–H groups in total. The van der Waals surface area contributed by atoms with Crippen molar-refractivity contribution in [3.63, 3.8) is 0 Å². The molecule has 2 aromatic rings. The van der Waals surface area contributed by atoms with E-state index >= 15 is 0 Å². The van der Waals surface area contributed by atoms with Crippen LogP contribution in [-0.2, 0) is 10.3 Å². The Bertz CT molecular complexity index is 644. The van der Waals surface area contributed by atoms with E-state index in [0.29, 0.717) is 22.8 Å². The highest BCUT2D eigenvalue weighted by molar-refractivity contribution is 9.09. The number of rotatable bonds is 3. The fourth-order valence-electron chi connectivity index (χ4n) is 2.25. The molecule has 1 heterocycles. The quantitative estimate of drug-likeness (QED) is 0.752. The van der Waals surface area contributed by atoms with Crippen LogP contribution in [0.5, 0.6) is 0 Å². The van der Waals surface area contributed by atoms with E-state index in [9.17, 15) is 0 Å². The first-order valence-electron chi connectivity index (χ1n) is 6.34. The number of hydrogen-bond acceptors (Lipinski definition) is 2. The molecular weight excluding hydrogens is 338 g/mol. The summed E-state index contributed by atoms with van der Waals surface area (Å²) in [6, 6.07) is 17.7. The van der Waals surface area contributed by atoms with Crippen molar-refractivity contribution >= 4 is 33.4 Å².